The number of rotatable bonds is 4. The van der Waals surface area contributed by atoms with Gasteiger partial charge in [-0.3, -0.25) is 4.99 Å². The number of benzene rings is 2. The Morgan fingerprint density at radius 3 is 2.61 bits per heavy atom. The molecule has 0 bridgehead atoms. The Labute approximate surface area is 159 Å². The van der Waals surface area contributed by atoms with E-state index in [2.05, 4.69) is 29.4 Å². The van der Waals surface area contributed by atoms with E-state index in [0.717, 1.165) is 23.6 Å². The van der Waals surface area contributed by atoms with Crippen molar-refractivity contribution in [3.8, 4) is 0 Å². The molecule has 1 saturated carbocycles. The number of aryl methyl sites for hydroxylation is 1. The van der Waals surface area contributed by atoms with Gasteiger partial charge in [-0.15, -0.1) is 24.0 Å². The summed E-state index contributed by atoms with van der Waals surface area (Å²) >= 11 is 6.32. The lowest BCUT2D eigenvalue weighted by Gasteiger charge is -2.15. The molecule has 3 nitrogen and oxygen atoms in total. The SMILES string of the molecule is Cc1cccc(NC(N)=NCC2(c3ccccc3Cl)CC2)c1.I. The van der Waals surface area contributed by atoms with E-state index in [4.69, 9.17) is 17.3 Å². The molecule has 0 aromatic heterocycles. The van der Waals surface area contributed by atoms with Crippen molar-refractivity contribution in [1.82, 2.24) is 0 Å². The van der Waals surface area contributed by atoms with E-state index >= 15 is 0 Å². The number of guanidine groups is 1. The van der Waals surface area contributed by atoms with E-state index in [1.165, 1.54) is 11.1 Å². The van der Waals surface area contributed by atoms with Crippen LogP contribution in [0.5, 0.6) is 0 Å². The zero-order valence-electron chi connectivity index (χ0n) is 13.1. The van der Waals surface area contributed by atoms with Crippen molar-refractivity contribution >= 4 is 47.2 Å². The van der Waals surface area contributed by atoms with Gasteiger partial charge in [-0.2, -0.15) is 0 Å². The summed E-state index contributed by atoms with van der Waals surface area (Å²) in [5.74, 6) is 0.448. The van der Waals surface area contributed by atoms with Crippen LogP contribution in [0, 0.1) is 6.92 Å². The first-order valence-corrected chi connectivity index (χ1v) is 7.85. The maximum Gasteiger partial charge on any atom is 0.193 e. The summed E-state index contributed by atoms with van der Waals surface area (Å²) in [6.07, 6.45) is 2.22. The molecule has 1 aliphatic rings. The highest BCUT2D eigenvalue weighted by molar-refractivity contribution is 14.0. The van der Waals surface area contributed by atoms with Gasteiger partial charge in [0, 0.05) is 16.1 Å². The molecule has 2 aromatic rings. The van der Waals surface area contributed by atoms with Crippen LogP contribution in [0.3, 0.4) is 0 Å². The molecule has 0 unspecified atom stereocenters. The highest BCUT2D eigenvalue weighted by Crippen LogP contribution is 2.50. The van der Waals surface area contributed by atoms with Crippen LogP contribution in [-0.4, -0.2) is 12.5 Å². The summed E-state index contributed by atoms with van der Waals surface area (Å²) < 4.78 is 0. The molecule has 0 atom stereocenters. The second-order valence-corrected chi connectivity index (χ2v) is 6.36. The summed E-state index contributed by atoms with van der Waals surface area (Å²) in [5, 5.41) is 3.96. The average molecular weight is 442 g/mol. The fraction of sp³-hybridized carbons (Fsp3) is 0.278. The van der Waals surface area contributed by atoms with E-state index in [9.17, 15) is 0 Å². The van der Waals surface area contributed by atoms with Crippen molar-refractivity contribution in [2.45, 2.75) is 25.2 Å². The van der Waals surface area contributed by atoms with Gasteiger partial charge in [-0.25, -0.2) is 0 Å². The molecule has 0 aliphatic heterocycles. The van der Waals surface area contributed by atoms with Crippen LogP contribution in [0.25, 0.3) is 0 Å². The number of nitrogens with one attached hydrogen (secondary N) is 1. The zero-order valence-corrected chi connectivity index (χ0v) is 16.1. The Balaban J connectivity index is 0.00000192. The van der Waals surface area contributed by atoms with Gasteiger partial charge in [0.25, 0.3) is 0 Å². The number of aliphatic imine (C=N–C) groups is 1. The normalized spacial score (nSPS) is 15.7. The van der Waals surface area contributed by atoms with Crippen LogP contribution in [-0.2, 0) is 5.41 Å². The van der Waals surface area contributed by atoms with E-state index < -0.39 is 0 Å². The summed E-state index contributed by atoms with van der Waals surface area (Å²) in [6, 6.07) is 16.1. The van der Waals surface area contributed by atoms with Gasteiger partial charge in [0.05, 0.1) is 6.54 Å². The molecule has 0 saturated heterocycles. The third-order valence-electron chi connectivity index (χ3n) is 4.14. The molecule has 122 valence electrons. The van der Waals surface area contributed by atoms with Crippen LogP contribution < -0.4 is 11.1 Å². The summed E-state index contributed by atoms with van der Waals surface area (Å²) in [4.78, 5) is 4.53. The van der Waals surface area contributed by atoms with Crippen LogP contribution in [0.2, 0.25) is 5.02 Å². The monoisotopic (exact) mass is 441 g/mol. The van der Waals surface area contributed by atoms with Crippen molar-refractivity contribution < 1.29 is 0 Å². The summed E-state index contributed by atoms with van der Waals surface area (Å²) in [6.45, 7) is 2.72. The maximum absolute atomic E-state index is 6.32. The predicted octanol–water partition coefficient (Wildman–Crippen LogP) is 4.72. The van der Waals surface area contributed by atoms with Crippen LogP contribution in [0.15, 0.2) is 53.5 Å². The number of hydrogen-bond donors (Lipinski definition) is 2. The van der Waals surface area contributed by atoms with Crippen LogP contribution in [0.1, 0.15) is 24.0 Å². The van der Waals surface area contributed by atoms with Crippen molar-refractivity contribution in [2.75, 3.05) is 11.9 Å². The summed E-state index contributed by atoms with van der Waals surface area (Å²) in [7, 11) is 0. The molecule has 0 radical (unpaired) electrons. The quantitative estimate of drug-likeness (QED) is 0.410. The van der Waals surface area contributed by atoms with E-state index in [-0.39, 0.29) is 29.4 Å². The highest BCUT2D eigenvalue weighted by atomic mass is 127. The molecule has 2 aromatic carbocycles. The smallest absolute Gasteiger partial charge is 0.193 e. The number of nitrogens with zero attached hydrogens (tertiary/aromatic N) is 1. The lowest BCUT2D eigenvalue weighted by atomic mass is 9.96. The Morgan fingerprint density at radius 1 is 1.22 bits per heavy atom. The number of halogens is 2. The van der Waals surface area contributed by atoms with Crippen molar-refractivity contribution in [2.24, 2.45) is 10.7 Å². The summed E-state index contributed by atoms with van der Waals surface area (Å²) in [5.41, 5.74) is 9.41. The highest BCUT2D eigenvalue weighted by Gasteiger charge is 2.45. The lowest BCUT2D eigenvalue weighted by Crippen LogP contribution is -2.25. The third-order valence-corrected chi connectivity index (χ3v) is 4.47. The molecule has 3 N–H and O–H groups in total. The number of anilines is 1. The maximum atomic E-state index is 6.32. The molecular formula is C18H21ClIN3. The second-order valence-electron chi connectivity index (χ2n) is 5.96. The first-order valence-electron chi connectivity index (χ1n) is 7.48. The molecule has 1 aliphatic carbocycles. The topological polar surface area (TPSA) is 50.4 Å². The lowest BCUT2D eigenvalue weighted by molar-refractivity contribution is 0.706. The molecular weight excluding hydrogens is 421 g/mol. The van der Waals surface area contributed by atoms with Gasteiger partial charge in [0.1, 0.15) is 0 Å². The van der Waals surface area contributed by atoms with Crippen molar-refractivity contribution in [3.05, 3.63) is 64.7 Å². The van der Waals surface area contributed by atoms with Gasteiger partial charge < -0.3 is 11.1 Å². The third kappa shape index (κ3) is 4.38. The predicted molar refractivity (Wildman–Crippen MR) is 109 cm³/mol. The number of hydrogen-bond acceptors (Lipinski definition) is 1. The minimum Gasteiger partial charge on any atom is -0.370 e. The Bertz CT molecular complexity index is 711. The van der Waals surface area contributed by atoms with Crippen molar-refractivity contribution in [3.63, 3.8) is 0 Å². The first-order chi connectivity index (χ1) is 10.6. The molecule has 0 spiro atoms. The largest absolute Gasteiger partial charge is 0.370 e. The number of nitrogens with two attached hydrogens (primary N) is 1. The minimum atomic E-state index is 0. The molecule has 23 heavy (non-hydrogen) atoms. The van der Waals surface area contributed by atoms with Gasteiger partial charge in [-0.05, 0) is 49.1 Å². The zero-order chi connectivity index (χ0) is 15.6. The Morgan fingerprint density at radius 2 is 1.96 bits per heavy atom. The van der Waals surface area contributed by atoms with Crippen molar-refractivity contribution in [1.29, 1.82) is 0 Å². The molecule has 1 fully saturated rings. The van der Waals surface area contributed by atoms with Gasteiger partial charge in [0.15, 0.2) is 5.96 Å². The second kappa shape index (κ2) is 7.53. The molecule has 0 amide bonds. The first kappa shape index (κ1) is 18.1. The van der Waals surface area contributed by atoms with Gasteiger partial charge in [-0.1, -0.05) is 41.9 Å². The molecule has 0 heterocycles. The Hall–Kier alpha value is -1.27. The average Bonchev–Trinajstić information content (AvgIpc) is 3.27. The van der Waals surface area contributed by atoms with Gasteiger partial charge >= 0.3 is 0 Å². The van der Waals surface area contributed by atoms with E-state index in [1.807, 2.05) is 36.4 Å². The minimum absolute atomic E-state index is 0. The standard InChI is InChI=1S/C18H20ClN3.HI/c1-13-5-4-6-14(11-13)22-17(20)21-12-18(9-10-18)15-7-2-3-8-16(15)19;/h2-8,11H,9-10,12H2,1H3,(H3,20,21,22);1H. The van der Waals surface area contributed by atoms with Crippen LogP contribution in [0.4, 0.5) is 5.69 Å². The van der Waals surface area contributed by atoms with E-state index in [0.29, 0.717) is 12.5 Å². The van der Waals surface area contributed by atoms with Crippen LogP contribution >= 0.6 is 35.6 Å². The fourth-order valence-electron chi connectivity index (χ4n) is 2.70. The molecule has 3 rings (SSSR count). The Kier molecular flexibility index (Phi) is 5.92. The van der Waals surface area contributed by atoms with Gasteiger partial charge in [0.2, 0.25) is 0 Å². The fourth-order valence-corrected chi connectivity index (χ4v) is 3.04. The van der Waals surface area contributed by atoms with E-state index in [1.54, 1.807) is 0 Å². The molecule has 5 heteroatoms.